The second-order valence-corrected chi connectivity index (χ2v) is 6.65. The van der Waals surface area contributed by atoms with Gasteiger partial charge < -0.3 is 15.7 Å². The first-order chi connectivity index (χ1) is 11.8. The molecular formula is C18H27N5O2. The van der Waals surface area contributed by atoms with E-state index in [0.29, 0.717) is 0 Å². The molecule has 7 nitrogen and oxygen atoms in total. The summed E-state index contributed by atoms with van der Waals surface area (Å²) in [6.45, 7) is 7.86. The Labute approximate surface area is 148 Å². The first kappa shape index (κ1) is 18.9. The number of carbonyl (C=O) groups is 1. The van der Waals surface area contributed by atoms with Crippen LogP contribution in [0.2, 0.25) is 0 Å². The number of hydrogen-bond donors (Lipinski definition) is 3. The normalized spacial score (nSPS) is 15.9. The molecule has 1 aromatic carbocycles. The molecule has 0 fully saturated rings. The van der Waals surface area contributed by atoms with E-state index in [1.807, 2.05) is 45.0 Å². The van der Waals surface area contributed by atoms with Crippen molar-refractivity contribution in [2.24, 2.45) is 5.92 Å². The second kappa shape index (κ2) is 8.11. The van der Waals surface area contributed by atoms with Crippen LogP contribution in [0.1, 0.15) is 45.7 Å². The lowest BCUT2D eigenvalue weighted by Crippen LogP contribution is -2.48. The summed E-state index contributed by atoms with van der Waals surface area (Å²) in [7, 11) is 0. The Morgan fingerprint density at radius 2 is 2.00 bits per heavy atom. The van der Waals surface area contributed by atoms with Crippen molar-refractivity contribution in [2.45, 2.75) is 45.8 Å². The Morgan fingerprint density at radius 3 is 2.56 bits per heavy atom. The van der Waals surface area contributed by atoms with E-state index in [-0.39, 0.29) is 24.5 Å². The van der Waals surface area contributed by atoms with Gasteiger partial charge in [-0.1, -0.05) is 37.6 Å². The maximum absolute atomic E-state index is 12.1. The molecule has 1 aromatic heterocycles. The van der Waals surface area contributed by atoms with Crippen molar-refractivity contribution < 1.29 is 9.90 Å². The van der Waals surface area contributed by atoms with Crippen LogP contribution in [0.5, 0.6) is 0 Å². The van der Waals surface area contributed by atoms with Crippen LogP contribution in [-0.2, 0) is 0 Å². The van der Waals surface area contributed by atoms with Gasteiger partial charge in [0.05, 0.1) is 29.7 Å². The third-order valence-electron chi connectivity index (χ3n) is 4.71. The third-order valence-corrected chi connectivity index (χ3v) is 4.71. The molecule has 0 aliphatic heterocycles. The maximum Gasteiger partial charge on any atom is 0.315 e. The van der Waals surface area contributed by atoms with Crippen LogP contribution in [0.25, 0.3) is 5.69 Å². The lowest BCUT2D eigenvalue weighted by Gasteiger charge is -2.30. The Bertz CT molecular complexity index is 667. The molecule has 2 amide bonds. The molecular weight excluding hydrogens is 318 g/mol. The van der Waals surface area contributed by atoms with Gasteiger partial charge in [0.25, 0.3) is 0 Å². The SMILES string of the molecule is CCC(C)C(C)(O)CNC(=O)NC(C)c1ccc(-n2ccnn2)cc1. The summed E-state index contributed by atoms with van der Waals surface area (Å²) in [6, 6.07) is 7.28. The number of hydrogen-bond acceptors (Lipinski definition) is 4. The highest BCUT2D eigenvalue weighted by atomic mass is 16.3. The van der Waals surface area contributed by atoms with Gasteiger partial charge in [0.15, 0.2) is 0 Å². The fourth-order valence-corrected chi connectivity index (χ4v) is 2.47. The average molecular weight is 345 g/mol. The standard InChI is InChI=1S/C18H27N5O2/c1-5-13(2)18(4,25)12-19-17(24)21-14(3)15-6-8-16(9-7-15)23-11-10-20-22-23/h6-11,13-14,25H,5,12H2,1-4H3,(H2,19,21,24). The van der Waals surface area contributed by atoms with Gasteiger partial charge in [-0.05, 0) is 37.5 Å². The summed E-state index contributed by atoms with van der Waals surface area (Å²) in [5.41, 5.74) is 0.963. The summed E-state index contributed by atoms with van der Waals surface area (Å²) >= 11 is 0. The molecule has 0 aliphatic rings. The molecule has 3 unspecified atom stereocenters. The Balaban J connectivity index is 1.88. The number of amides is 2. The topological polar surface area (TPSA) is 92.1 Å². The number of carbonyl (C=O) groups excluding carboxylic acids is 1. The second-order valence-electron chi connectivity index (χ2n) is 6.65. The highest BCUT2D eigenvalue weighted by molar-refractivity contribution is 5.74. The number of benzene rings is 1. The molecule has 7 heteroatoms. The molecule has 0 spiro atoms. The van der Waals surface area contributed by atoms with Crippen molar-refractivity contribution in [1.29, 1.82) is 0 Å². The molecule has 3 N–H and O–H groups in total. The summed E-state index contributed by atoms with van der Waals surface area (Å²) < 4.78 is 1.67. The molecule has 2 rings (SSSR count). The fourth-order valence-electron chi connectivity index (χ4n) is 2.47. The fraction of sp³-hybridized carbons (Fsp3) is 0.500. The van der Waals surface area contributed by atoms with Crippen LogP contribution in [0.4, 0.5) is 4.79 Å². The zero-order valence-corrected chi connectivity index (χ0v) is 15.2. The van der Waals surface area contributed by atoms with E-state index in [0.717, 1.165) is 17.7 Å². The zero-order chi connectivity index (χ0) is 18.4. The van der Waals surface area contributed by atoms with Crippen LogP contribution in [0.15, 0.2) is 36.7 Å². The van der Waals surface area contributed by atoms with Crippen molar-refractivity contribution >= 4 is 6.03 Å². The summed E-state index contributed by atoms with van der Waals surface area (Å²) in [5.74, 6) is 0.106. The highest BCUT2D eigenvalue weighted by Gasteiger charge is 2.27. The van der Waals surface area contributed by atoms with E-state index in [4.69, 9.17) is 0 Å². The number of aromatic nitrogens is 3. The van der Waals surface area contributed by atoms with E-state index in [1.165, 1.54) is 0 Å². The first-order valence-corrected chi connectivity index (χ1v) is 8.57. The maximum atomic E-state index is 12.1. The van der Waals surface area contributed by atoms with E-state index >= 15 is 0 Å². The van der Waals surface area contributed by atoms with Crippen molar-refractivity contribution in [2.75, 3.05) is 6.54 Å². The predicted octanol–water partition coefficient (Wildman–Crippen LogP) is 2.42. The number of nitrogens with zero attached hydrogens (tertiary/aromatic N) is 3. The van der Waals surface area contributed by atoms with E-state index in [2.05, 4.69) is 20.9 Å². The minimum atomic E-state index is -0.922. The van der Waals surface area contributed by atoms with Gasteiger partial charge in [-0.15, -0.1) is 5.10 Å². The van der Waals surface area contributed by atoms with Gasteiger partial charge in [0.1, 0.15) is 0 Å². The molecule has 136 valence electrons. The van der Waals surface area contributed by atoms with E-state index in [9.17, 15) is 9.90 Å². The lowest BCUT2D eigenvalue weighted by molar-refractivity contribution is 0.00785. The van der Waals surface area contributed by atoms with Gasteiger partial charge in [-0.3, -0.25) is 0 Å². The number of rotatable bonds is 7. The van der Waals surface area contributed by atoms with Crippen molar-refractivity contribution in [1.82, 2.24) is 25.6 Å². The monoisotopic (exact) mass is 345 g/mol. The molecule has 0 saturated carbocycles. The Hall–Kier alpha value is -2.41. The van der Waals surface area contributed by atoms with Crippen LogP contribution in [-0.4, -0.2) is 38.3 Å². The van der Waals surface area contributed by atoms with Crippen LogP contribution in [0.3, 0.4) is 0 Å². The smallest absolute Gasteiger partial charge is 0.315 e. The molecule has 0 radical (unpaired) electrons. The predicted molar refractivity (Wildman–Crippen MR) is 96.4 cm³/mol. The number of nitrogens with one attached hydrogen (secondary N) is 2. The third kappa shape index (κ3) is 5.03. The van der Waals surface area contributed by atoms with Crippen LogP contribution >= 0.6 is 0 Å². The largest absolute Gasteiger partial charge is 0.388 e. The molecule has 0 saturated heterocycles. The highest BCUT2D eigenvalue weighted by Crippen LogP contribution is 2.19. The Morgan fingerprint density at radius 1 is 1.32 bits per heavy atom. The van der Waals surface area contributed by atoms with Gasteiger partial charge in [-0.25, -0.2) is 9.48 Å². The number of aliphatic hydroxyl groups is 1. The molecule has 2 aromatic rings. The Kier molecular flexibility index (Phi) is 6.14. The molecule has 3 atom stereocenters. The van der Waals surface area contributed by atoms with Gasteiger partial charge in [-0.2, -0.15) is 0 Å². The summed E-state index contributed by atoms with van der Waals surface area (Å²) in [6.07, 6.45) is 4.24. The molecule has 25 heavy (non-hydrogen) atoms. The number of urea groups is 1. The molecule has 1 heterocycles. The minimum absolute atomic E-state index is 0.106. The van der Waals surface area contributed by atoms with Gasteiger partial charge in [0.2, 0.25) is 0 Å². The van der Waals surface area contributed by atoms with Crippen molar-refractivity contribution in [3.63, 3.8) is 0 Å². The van der Waals surface area contributed by atoms with E-state index in [1.54, 1.807) is 24.0 Å². The minimum Gasteiger partial charge on any atom is -0.388 e. The van der Waals surface area contributed by atoms with Crippen molar-refractivity contribution in [3.8, 4) is 5.69 Å². The quantitative estimate of drug-likeness (QED) is 0.718. The molecule has 0 aliphatic carbocycles. The summed E-state index contributed by atoms with van der Waals surface area (Å²) in [5, 5.41) is 23.7. The van der Waals surface area contributed by atoms with Gasteiger partial charge >= 0.3 is 6.03 Å². The van der Waals surface area contributed by atoms with Gasteiger partial charge in [0, 0.05) is 6.54 Å². The lowest BCUT2D eigenvalue weighted by atomic mass is 9.89. The van der Waals surface area contributed by atoms with E-state index < -0.39 is 5.60 Å². The molecule has 0 bridgehead atoms. The van der Waals surface area contributed by atoms with Crippen LogP contribution < -0.4 is 10.6 Å². The average Bonchev–Trinajstić information content (AvgIpc) is 3.14. The van der Waals surface area contributed by atoms with Crippen LogP contribution in [0, 0.1) is 5.92 Å². The van der Waals surface area contributed by atoms with Crippen molar-refractivity contribution in [3.05, 3.63) is 42.2 Å². The zero-order valence-electron chi connectivity index (χ0n) is 15.2. The first-order valence-electron chi connectivity index (χ1n) is 8.57. The summed E-state index contributed by atoms with van der Waals surface area (Å²) in [4.78, 5) is 12.1.